The fraction of sp³-hybridized carbons (Fsp3) is 0.667. The Bertz CT molecular complexity index is 570. The van der Waals surface area contributed by atoms with E-state index in [2.05, 4.69) is 23.6 Å². The number of hydrogen-bond donors (Lipinski definition) is 0. The molecule has 0 saturated carbocycles. The first-order valence-electron chi connectivity index (χ1n) is 8.59. The maximum Gasteiger partial charge on any atom is 0.159 e. The van der Waals surface area contributed by atoms with Crippen LogP contribution >= 0.6 is 0 Å². The van der Waals surface area contributed by atoms with E-state index in [4.69, 9.17) is 9.47 Å². The molecule has 1 spiro atoms. The predicted molar refractivity (Wildman–Crippen MR) is 87.8 cm³/mol. The molecule has 2 aliphatic rings. The molecule has 6 heteroatoms. The van der Waals surface area contributed by atoms with E-state index >= 15 is 0 Å². The van der Waals surface area contributed by atoms with Crippen molar-refractivity contribution < 1.29 is 18.3 Å². The van der Waals surface area contributed by atoms with E-state index < -0.39 is 11.6 Å². The zero-order valence-electron chi connectivity index (χ0n) is 14.4. The van der Waals surface area contributed by atoms with Crippen molar-refractivity contribution >= 4 is 0 Å². The van der Waals surface area contributed by atoms with Gasteiger partial charge in [-0.05, 0) is 31.5 Å². The lowest BCUT2D eigenvalue weighted by Gasteiger charge is -2.44. The van der Waals surface area contributed by atoms with Crippen LogP contribution in [0.25, 0.3) is 0 Å². The number of hydrogen-bond acceptors (Lipinski definition) is 4. The third kappa shape index (κ3) is 4.11. The molecule has 0 amide bonds. The van der Waals surface area contributed by atoms with Gasteiger partial charge in [-0.15, -0.1) is 0 Å². The van der Waals surface area contributed by atoms with Crippen LogP contribution in [0.4, 0.5) is 8.78 Å². The van der Waals surface area contributed by atoms with E-state index in [0.717, 1.165) is 31.7 Å². The van der Waals surface area contributed by atoms with Gasteiger partial charge in [0.15, 0.2) is 11.6 Å². The van der Waals surface area contributed by atoms with Crippen LogP contribution in [-0.4, -0.2) is 67.4 Å². The molecule has 0 aromatic heterocycles. The van der Waals surface area contributed by atoms with Crippen molar-refractivity contribution in [3.05, 3.63) is 35.4 Å². The minimum atomic E-state index is -0.808. The quantitative estimate of drug-likeness (QED) is 0.843. The van der Waals surface area contributed by atoms with Crippen molar-refractivity contribution in [3.8, 4) is 0 Å². The second kappa shape index (κ2) is 7.44. The lowest BCUT2D eigenvalue weighted by Crippen LogP contribution is -2.59. The number of rotatable bonds is 3. The average molecular weight is 340 g/mol. The van der Waals surface area contributed by atoms with Crippen LogP contribution < -0.4 is 0 Å². The number of benzene rings is 1. The van der Waals surface area contributed by atoms with Crippen molar-refractivity contribution in [1.82, 2.24) is 9.80 Å². The van der Waals surface area contributed by atoms with Crippen molar-refractivity contribution in [1.29, 1.82) is 0 Å². The summed E-state index contributed by atoms with van der Waals surface area (Å²) in [4.78, 5) is 4.62. The normalized spacial score (nSPS) is 26.9. The molecule has 3 rings (SSSR count). The fourth-order valence-electron chi connectivity index (χ4n) is 3.51. The van der Waals surface area contributed by atoms with Gasteiger partial charge in [0.2, 0.25) is 0 Å². The molecular weight excluding hydrogens is 314 g/mol. The third-order valence-electron chi connectivity index (χ3n) is 4.83. The molecule has 2 aliphatic heterocycles. The van der Waals surface area contributed by atoms with Crippen LogP contribution in [0.15, 0.2) is 18.2 Å². The van der Waals surface area contributed by atoms with Crippen LogP contribution in [0, 0.1) is 11.6 Å². The second-order valence-electron chi connectivity index (χ2n) is 7.11. The fourth-order valence-corrected chi connectivity index (χ4v) is 3.51. The second-order valence-corrected chi connectivity index (χ2v) is 7.11. The van der Waals surface area contributed by atoms with Gasteiger partial charge in [-0.3, -0.25) is 9.80 Å². The highest BCUT2D eigenvalue weighted by Crippen LogP contribution is 2.25. The lowest BCUT2D eigenvalue weighted by molar-refractivity contribution is -0.146. The number of morpholine rings is 1. The van der Waals surface area contributed by atoms with Crippen LogP contribution in [0.5, 0.6) is 0 Å². The van der Waals surface area contributed by atoms with Crippen LogP contribution in [-0.2, 0) is 16.0 Å². The first kappa shape index (κ1) is 17.7. The Labute approximate surface area is 142 Å². The lowest BCUT2D eigenvalue weighted by atomic mass is 10.0. The SMILES string of the molecule is CC(C)N1CCOC2(COCCN(Cc3ccc(F)c(F)c3)C2)C1. The molecule has 2 heterocycles. The molecule has 134 valence electrons. The van der Waals surface area contributed by atoms with E-state index in [9.17, 15) is 8.78 Å². The standard InChI is InChI=1S/C18H26F2N2O2/c1-14(2)22-6-8-24-18(12-22)11-21(5-7-23-13-18)10-15-3-4-16(19)17(20)9-15/h3-4,9,14H,5-8,10-13H2,1-2H3. The molecule has 24 heavy (non-hydrogen) atoms. The van der Waals surface area contributed by atoms with Gasteiger partial charge in [0, 0.05) is 38.8 Å². The van der Waals surface area contributed by atoms with Gasteiger partial charge < -0.3 is 9.47 Å². The number of ether oxygens (including phenoxy) is 2. The van der Waals surface area contributed by atoms with E-state index in [-0.39, 0.29) is 5.60 Å². The summed E-state index contributed by atoms with van der Waals surface area (Å²) < 4.78 is 38.5. The Kier molecular flexibility index (Phi) is 5.49. The first-order valence-corrected chi connectivity index (χ1v) is 8.59. The van der Waals surface area contributed by atoms with Gasteiger partial charge in [0.05, 0.1) is 19.8 Å². The largest absolute Gasteiger partial charge is 0.377 e. The maximum absolute atomic E-state index is 13.5. The summed E-state index contributed by atoms with van der Waals surface area (Å²) in [5.41, 5.74) is 0.417. The molecule has 1 aromatic rings. The van der Waals surface area contributed by atoms with Crippen molar-refractivity contribution in [2.75, 3.05) is 46.0 Å². The Hall–Kier alpha value is -1.08. The molecular formula is C18H26F2N2O2. The number of halogens is 2. The highest BCUT2D eigenvalue weighted by atomic mass is 19.2. The summed E-state index contributed by atoms with van der Waals surface area (Å²) in [7, 11) is 0. The Balaban J connectivity index is 1.71. The summed E-state index contributed by atoms with van der Waals surface area (Å²) in [6.07, 6.45) is 0. The summed E-state index contributed by atoms with van der Waals surface area (Å²) >= 11 is 0. The summed E-state index contributed by atoms with van der Waals surface area (Å²) in [5.74, 6) is -1.61. The Morgan fingerprint density at radius 1 is 1.12 bits per heavy atom. The third-order valence-corrected chi connectivity index (χ3v) is 4.83. The summed E-state index contributed by atoms with van der Waals surface area (Å²) in [6.45, 7) is 10.1. The Morgan fingerprint density at radius 3 is 2.71 bits per heavy atom. The average Bonchev–Trinajstić information content (AvgIpc) is 2.73. The Morgan fingerprint density at radius 2 is 1.96 bits per heavy atom. The highest BCUT2D eigenvalue weighted by Gasteiger charge is 2.40. The molecule has 0 radical (unpaired) electrons. The molecule has 2 fully saturated rings. The molecule has 4 nitrogen and oxygen atoms in total. The van der Waals surface area contributed by atoms with Crippen LogP contribution in [0.1, 0.15) is 19.4 Å². The summed E-state index contributed by atoms with van der Waals surface area (Å²) in [6, 6.07) is 4.56. The van der Waals surface area contributed by atoms with E-state index in [0.29, 0.717) is 32.4 Å². The molecule has 0 bridgehead atoms. The van der Waals surface area contributed by atoms with E-state index in [1.165, 1.54) is 12.1 Å². The predicted octanol–water partition coefficient (Wildman–Crippen LogP) is 2.28. The zero-order valence-corrected chi connectivity index (χ0v) is 14.4. The smallest absolute Gasteiger partial charge is 0.159 e. The summed E-state index contributed by atoms with van der Waals surface area (Å²) in [5, 5.41) is 0. The molecule has 1 atom stereocenters. The minimum Gasteiger partial charge on any atom is -0.377 e. The van der Waals surface area contributed by atoms with E-state index in [1.54, 1.807) is 6.07 Å². The minimum absolute atomic E-state index is 0.350. The van der Waals surface area contributed by atoms with Crippen molar-refractivity contribution in [2.24, 2.45) is 0 Å². The van der Waals surface area contributed by atoms with Gasteiger partial charge in [-0.1, -0.05) is 6.07 Å². The van der Waals surface area contributed by atoms with Gasteiger partial charge in [-0.2, -0.15) is 0 Å². The van der Waals surface area contributed by atoms with Gasteiger partial charge in [0.1, 0.15) is 5.60 Å². The van der Waals surface area contributed by atoms with Crippen molar-refractivity contribution in [3.63, 3.8) is 0 Å². The van der Waals surface area contributed by atoms with Crippen LogP contribution in [0.3, 0.4) is 0 Å². The molecule has 0 aliphatic carbocycles. The van der Waals surface area contributed by atoms with E-state index in [1.807, 2.05) is 0 Å². The van der Waals surface area contributed by atoms with Gasteiger partial charge in [0.25, 0.3) is 0 Å². The first-order chi connectivity index (χ1) is 11.5. The van der Waals surface area contributed by atoms with Gasteiger partial charge in [-0.25, -0.2) is 8.78 Å². The maximum atomic E-state index is 13.5. The van der Waals surface area contributed by atoms with Crippen LogP contribution in [0.2, 0.25) is 0 Å². The molecule has 0 N–H and O–H groups in total. The molecule has 1 aromatic carbocycles. The van der Waals surface area contributed by atoms with Gasteiger partial charge >= 0.3 is 0 Å². The molecule has 1 unspecified atom stereocenters. The number of nitrogens with zero attached hydrogens (tertiary/aromatic N) is 2. The topological polar surface area (TPSA) is 24.9 Å². The highest BCUT2D eigenvalue weighted by molar-refractivity contribution is 5.18. The zero-order chi connectivity index (χ0) is 17.2. The molecule has 2 saturated heterocycles. The monoisotopic (exact) mass is 340 g/mol. The van der Waals surface area contributed by atoms with Crippen molar-refractivity contribution in [2.45, 2.75) is 32.0 Å².